The molecule has 1 aromatic carbocycles. The number of carboxylic acid groups (broad SMARTS) is 1. The Bertz CT molecular complexity index is 419. The zero-order valence-corrected chi connectivity index (χ0v) is 11.8. The predicted octanol–water partition coefficient (Wildman–Crippen LogP) is 3.60. The second-order valence-corrected chi connectivity index (χ2v) is 4.91. The molecule has 0 saturated carbocycles. The molecule has 0 spiro atoms. The van der Waals surface area contributed by atoms with E-state index in [1.54, 1.807) is 12.1 Å². The minimum atomic E-state index is -0.948. The molecule has 0 aliphatic carbocycles. The number of benzene rings is 1. The maximum atomic E-state index is 11.2. The van der Waals surface area contributed by atoms with Gasteiger partial charge in [-0.2, -0.15) is 0 Å². The highest BCUT2D eigenvalue weighted by Gasteiger charge is 2.12. The average molecular weight is 264 g/mol. The van der Waals surface area contributed by atoms with Gasteiger partial charge in [-0.05, 0) is 30.5 Å². The molecular weight excluding hydrogens is 240 g/mol. The molecule has 0 aliphatic rings. The molecule has 1 rings (SSSR count). The van der Waals surface area contributed by atoms with Gasteiger partial charge in [0.1, 0.15) is 0 Å². The number of carbonyl (C=O) groups is 1. The van der Waals surface area contributed by atoms with Crippen LogP contribution < -0.4 is 11.1 Å². The summed E-state index contributed by atoms with van der Waals surface area (Å²) >= 11 is 0. The maximum absolute atomic E-state index is 11.2. The summed E-state index contributed by atoms with van der Waals surface area (Å²) in [5, 5.41) is 12.4. The number of rotatable bonds is 8. The van der Waals surface area contributed by atoms with Crippen molar-refractivity contribution in [2.45, 2.75) is 39.5 Å². The number of aromatic carboxylic acids is 1. The van der Waals surface area contributed by atoms with Gasteiger partial charge in [0.2, 0.25) is 0 Å². The van der Waals surface area contributed by atoms with Crippen LogP contribution in [-0.4, -0.2) is 17.6 Å². The van der Waals surface area contributed by atoms with E-state index in [1.165, 1.54) is 25.3 Å². The monoisotopic (exact) mass is 264 g/mol. The first-order valence-electron chi connectivity index (χ1n) is 6.95. The standard InChI is InChI=1S/C15H24N2O2/c1-3-5-6-11(4-2)10-17-14-8-7-12(16)9-13(14)15(18)19/h7-9,11,17H,3-6,10,16H2,1-2H3,(H,18,19). The van der Waals surface area contributed by atoms with Crippen LogP contribution in [-0.2, 0) is 0 Å². The summed E-state index contributed by atoms with van der Waals surface area (Å²) in [7, 11) is 0. The van der Waals surface area contributed by atoms with Gasteiger partial charge in [-0.1, -0.05) is 33.1 Å². The van der Waals surface area contributed by atoms with Crippen molar-refractivity contribution in [1.82, 2.24) is 0 Å². The summed E-state index contributed by atoms with van der Waals surface area (Å²) in [6, 6.07) is 4.96. The van der Waals surface area contributed by atoms with Gasteiger partial charge in [0.15, 0.2) is 0 Å². The van der Waals surface area contributed by atoms with Crippen molar-refractivity contribution in [3.8, 4) is 0 Å². The first kappa shape index (κ1) is 15.3. The fourth-order valence-electron chi connectivity index (χ4n) is 2.09. The molecule has 0 saturated heterocycles. The molecule has 1 atom stereocenters. The number of hydrogen-bond donors (Lipinski definition) is 3. The third-order valence-corrected chi connectivity index (χ3v) is 3.40. The molecule has 0 heterocycles. The van der Waals surface area contributed by atoms with E-state index >= 15 is 0 Å². The fourth-order valence-corrected chi connectivity index (χ4v) is 2.09. The number of nitrogen functional groups attached to an aromatic ring is 1. The summed E-state index contributed by atoms with van der Waals surface area (Å²) in [5.41, 5.74) is 6.99. The quantitative estimate of drug-likeness (QED) is 0.627. The van der Waals surface area contributed by atoms with Gasteiger partial charge >= 0.3 is 5.97 Å². The molecule has 19 heavy (non-hydrogen) atoms. The molecule has 106 valence electrons. The van der Waals surface area contributed by atoms with E-state index in [2.05, 4.69) is 19.2 Å². The van der Waals surface area contributed by atoms with E-state index in [4.69, 9.17) is 10.8 Å². The van der Waals surface area contributed by atoms with Gasteiger partial charge < -0.3 is 16.2 Å². The van der Waals surface area contributed by atoms with Crippen LogP contribution in [0.2, 0.25) is 0 Å². The molecule has 1 aromatic rings. The average Bonchev–Trinajstić information content (AvgIpc) is 2.40. The second-order valence-electron chi connectivity index (χ2n) is 4.91. The predicted molar refractivity (Wildman–Crippen MR) is 79.6 cm³/mol. The van der Waals surface area contributed by atoms with Crippen LogP contribution in [0.1, 0.15) is 49.9 Å². The van der Waals surface area contributed by atoms with E-state index < -0.39 is 5.97 Å². The van der Waals surface area contributed by atoms with E-state index in [0.717, 1.165) is 13.0 Å². The molecule has 0 aliphatic heterocycles. The maximum Gasteiger partial charge on any atom is 0.337 e. The molecule has 0 fully saturated rings. The number of nitrogens with one attached hydrogen (secondary N) is 1. The normalized spacial score (nSPS) is 12.1. The third kappa shape index (κ3) is 4.81. The van der Waals surface area contributed by atoms with Gasteiger partial charge in [0, 0.05) is 17.9 Å². The molecule has 4 N–H and O–H groups in total. The first-order valence-corrected chi connectivity index (χ1v) is 6.95. The molecule has 0 bridgehead atoms. The van der Waals surface area contributed by atoms with Crippen molar-refractivity contribution in [2.24, 2.45) is 5.92 Å². The highest BCUT2D eigenvalue weighted by molar-refractivity contribution is 5.95. The molecule has 0 amide bonds. The zero-order chi connectivity index (χ0) is 14.3. The first-order chi connectivity index (χ1) is 9.08. The second kappa shape index (κ2) is 7.67. The lowest BCUT2D eigenvalue weighted by molar-refractivity contribution is 0.0698. The SMILES string of the molecule is CCCCC(CC)CNc1ccc(N)cc1C(=O)O. The van der Waals surface area contributed by atoms with Gasteiger partial charge in [-0.3, -0.25) is 0 Å². The van der Waals surface area contributed by atoms with Crippen molar-refractivity contribution >= 4 is 17.3 Å². The number of carboxylic acids is 1. The molecule has 1 unspecified atom stereocenters. The number of anilines is 2. The van der Waals surface area contributed by atoms with E-state index in [9.17, 15) is 4.79 Å². The van der Waals surface area contributed by atoms with Crippen molar-refractivity contribution < 1.29 is 9.90 Å². The summed E-state index contributed by atoms with van der Waals surface area (Å²) in [6.07, 6.45) is 4.69. The Balaban J connectivity index is 2.68. The highest BCUT2D eigenvalue weighted by Crippen LogP contribution is 2.21. The molecule has 4 heteroatoms. The lowest BCUT2D eigenvalue weighted by atomic mass is 9.99. The highest BCUT2D eigenvalue weighted by atomic mass is 16.4. The van der Waals surface area contributed by atoms with Crippen LogP contribution in [0.25, 0.3) is 0 Å². The van der Waals surface area contributed by atoms with Crippen LogP contribution >= 0.6 is 0 Å². The summed E-state index contributed by atoms with van der Waals surface area (Å²) in [6.45, 7) is 5.16. The lowest BCUT2D eigenvalue weighted by Gasteiger charge is -2.17. The largest absolute Gasteiger partial charge is 0.478 e. The Morgan fingerprint density at radius 3 is 2.74 bits per heavy atom. The van der Waals surface area contributed by atoms with Crippen molar-refractivity contribution in [2.75, 3.05) is 17.6 Å². The lowest BCUT2D eigenvalue weighted by Crippen LogP contribution is -2.15. The number of hydrogen-bond acceptors (Lipinski definition) is 3. The Hall–Kier alpha value is -1.71. The van der Waals surface area contributed by atoms with E-state index in [0.29, 0.717) is 17.3 Å². The van der Waals surface area contributed by atoms with Gasteiger partial charge in [0.25, 0.3) is 0 Å². The minimum Gasteiger partial charge on any atom is -0.478 e. The number of nitrogens with two attached hydrogens (primary N) is 1. The topological polar surface area (TPSA) is 75.3 Å². The van der Waals surface area contributed by atoms with Crippen LogP contribution in [0.5, 0.6) is 0 Å². The molecule has 0 aromatic heterocycles. The van der Waals surface area contributed by atoms with Crippen LogP contribution in [0.15, 0.2) is 18.2 Å². The van der Waals surface area contributed by atoms with Crippen LogP contribution in [0, 0.1) is 5.92 Å². The Morgan fingerprint density at radius 1 is 1.42 bits per heavy atom. The Kier molecular flexibility index (Phi) is 6.19. The van der Waals surface area contributed by atoms with Crippen molar-refractivity contribution in [3.63, 3.8) is 0 Å². The summed E-state index contributed by atoms with van der Waals surface area (Å²) < 4.78 is 0. The van der Waals surface area contributed by atoms with Gasteiger partial charge in [-0.15, -0.1) is 0 Å². The summed E-state index contributed by atoms with van der Waals surface area (Å²) in [5.74, 6) is -0.365. The molecule has 0 radical (unpaired) electrons. The Morgan fingerprint density at radius 2 is 2.16 bits per heavy atom. The summed E-state index contributed by atoms with van der Waals surface area (Å²) in [4.78, 5) is 11.2. The van der Waals surface area contributed by atoms with Gasteiger partial charge in [0.05, 0.1) is 5.56 Å². The molecular formula is C15H24N2O2. The minimum absolute atomic E-state index is 0.241. The van der Waals surface area contributed by atoms with Crippen LogP contribution in [0.4, 0.5) is 11.4 Å². The molecule has 4 nitrogen and oxygen atoms in total. The van der Waals surface area contributed by atoms with Crippen LogP contribution in [0.3, 0.4) is 0 Å². The zero-order valence-electron chi connectivity index (χ0n) is 11.8. The smallest absolute Gasteiger partial charge is 0.337 e. The Labute approximate surface area is 115 Å². The van der Waals surface area contributed by atoms with Crippen molar-refractivity contribution in [3.05, 3.63) is 23.8 Å². The van der Waals surface area contributed by atoms with E-state index in [1.807, 2.05) is 0 Å². The van der Waals surface area contributed by atoms with E-state index in [-0.39, 0.29) is 5.56 Å². The third-order valence-electron chi connectivity index (χ3n) is 3.40. The van der Waals surface area contributed by atoms with Gasteiger partial charge in [-0.25, -0.2) is 4.79 Å². The number of unbranched alkanes of at least 4 members (excludes halogenated alkanes) is 1. The fraction of sp³-hybridized carbons (Fsp3) is 0.533. The van der Waals surface area contributed by atoms with Crippen molar-refractivity contribution in [1.29, 1.82) is 0 Å².